The molecule has 25 heavy (non-hydrogen) atoms. The van der Waals surface area contributed by atoms with Crippen LogP contribution in [0, 0.1) is 0 Å². The molecule has 126 valence electrons. The van der Waals surface area contributed by atoms with Gasteiger partial charge >= 0.3 is 0 Å². The van der Waals surface area contributed by atoms with Crippen LogP contribution in [0.5, 0.6) is 0 Å². The molecule has 3 N–H and O–H groups in total. The van der Waals surface area contributed by atoms with Crippen molar-refractivity contribution in [3.05, 3.63) is 41.2 Å². The first-order valence-corrected chi connectivity index (χ1v) is 9.39. The summed E-state index contributed by atoms with van der Waals surface area (Å²) < 4.78 is 0. The highest BCUT2D eigenvalue weighted by atomic mass is 32.1. The maximum Gasteiger partial charge on any atom is 0.137 e. The number of pyridine rings is 1. The summed E-state index contributed by atoms with van der Waals surface area (Å²) in [6, 6.07) is 2.17. The molecule has 4 aromatic rings. The Morgan fingerprint density at radius 1 is 1.08 bits per heavy atom. The Balaban J connectivity index is 1.52. The third-order valence-electron chi connectivity index (χ3n) is 4.85. The van der Waals surface area contributed by atoms with Gasteiger partial charge in [0.25, 0.3) is 0 Å². The minimum Gasteiger partial charge on any atom is -0.346 e. The molecule has 0 aromatic carbocycles. The molecule has 0 aliphatic carbocycles. The van der Waals surface area contributed by atoms with E-state index < -0.39 is 0 Å². The van der Waals surface area contributed by atoms with Crippen LogP contribution in [-0.4, -0.2) is 38.2 Å². The van der Waals surface area contributed by atoms with Crippen LogP contribution in [0.15, 0.2) is 36.2 Å². The van der Waals surface area contributed by atoms with Crippen LogP contribution in [0.1, 0.15) is 23.8 Å². The van der Waals surface area contributed by atoms with Crippen LogP contribution in [0.3, 0.4) is 0 Å². The normalized spacial score (nSPS) is 15.8. The molecule has 7 heteroatoms. The highest BCUT2D eigenvalue weighted by Crippen LogP contribution is 2.33. The number of nitrogens with zero attached hydrogens (tertiary/aromatic N) is 3. The lowest BCUT2D eigenvalue weighted by molar-refractivity contribution is 0.459. The largest absolute Gasteiger partial charge is 0.346 e. The second-order valence-corrected chi connectivity index (χ2v) is 7.29. The number of piperidine rings is 1. The van der Waals surface area contributed by atoms with Gasteiger partial charge in [-0.2, -0.15) is 5.10 Å². The van der Waals surface area contributed by atoms with Gasteiger partial charge in [-0.15, -0.1) is 11.3 Å². The summed E-state index contributed by atoms with van der Waals surface area (Å²) in [7, 11) is 0. The number of nitrogens with one attached hydrogen (secondary N) is 3. The molecule has 0 unspecified atom stereocenters. The standard InChI is InChI=1S/C18H18N6S/c1-3-19-4-2-11(1)18-24-16(10-25-18)12-5-14-15(13-7-22-23-8-13)9-21-17(14)20-6-12/h5-11,19H,1-4H2,(H,20,21)(H,22,23). The number of aromatic amines is 2. The van der Waals surface area contributed by atoms with E-state index in [1.54, 1.807) is 11.3 Å². The SMILES string of the molecule is c1nc2[nH]cc(-c3cn[nH]c3)c2cc1-c1csc(C2CCNCC2)n1. The topological polar surface area (TPSA) is 82.3 Å². The number of H-pyrrole nitrogens is 2. The second-order valence-electron chi connectivity index (χ2n) is 6.40. The molecule has 5 heterocycles. The van der Waals surface area contributed by atoms with Crippen molar-refractivity contribution in [2.24, 2.45) is 0 Å². The fourth-order valence-corrected chi connectivity index (χ4v) is 4.46. The number of fused-ring (bicyclic) bond motifs is 1. The zero-order valence-electron chi connectivity index (χ0n) is 13.6. The van der Waals surface area contributed by atoms with Crippen molar-refractivity contribution in [3.63, 3.8) is 0 Å². The van der Waals surface area contributed by atoms with E-state index in [1.807, 2.05) is 24.8 Å². The molecule has 0 radical (unpaired) electrons. The Morgan fingerprint density at radius 2 is 2.00 bits per heavy atom. The maximum atomic E-state index is 4.91. The van der Waals surface area contributed by atoms with Gasteiger partial charge in [0.15, 0.2) is 0 Å². The van der Waals surface area contributed by atoms with Gasteiger partial charge in [-0.1, -0.05) is 0 Å². The van der Waals surface area contributed by atoms with Crippen molar-refractivity contribution < 1.29 is 0 Å². The van der Waals surface area contributed by atoms with Gasteiger partial charge in [0.2, 0.25) is 0 Å². The average molecular weight is 350 g/mol. The Bertz CT molecular complexity index is 994. The van der Waals surface area contributed by atoms with Gasteiger partial charge in [-0.3, -0.25) is 5.10 Å². The van der Waals surface area contributed by atoms with Crippen molar-refractivity contribution in [1.29, 1.82) is 0 Å². The molecule has 6 nitrogen and oxygen atoms in total. The summed E-state index contributed by atoms with van der Waals surface area (Å²) in [5, 5.41) is 14.8. The predicted molar refractivity (Wildman–Crippen MR) is 99.6 cm³/mol. The summed E-state index contributed by atoms with van der Waals surface area (Å²) in [5.74, 6) is 0.588. The van der Waals surface area contributed by atoms with E-state index in [0.29, 0.717) is 5.92 Å². The van der Waals surface area contributed by atoms with Gasteiger partial charge in [0.1, 0.15) is 5.65 Å². The monoisotopic (exact) mass is 350 g/mol. The van der Waals surface area contributed by atoms with Crippen molar-refractivity contribution in [2.45, 2.75) is 18.8 Å². The number of thiazole rings is 1. The van der Waals surface area contributed by atoms with E-state index in [0.717, 1.165) is 46.5 Å². The Kier molecular flexibility index (Phi) is 3.61. The van der Waals surface area contributed by atoms with Crippen LogP contribution in [0.2, 0.25) is 0 Å². The molecule has 1 aliphatic rings. The zero-order valence-corrected chi connectivity index (χ0v) is 14.4. The fraction of sp³-hybridized carbons (Fsp3) is 0.278. The smallest absolute Gasteiger partial charge is 0.137 e. The summed E-state index contributed by atoms with van der Waals surface area (Å²) in [6.45, 7) is 2.18. The lowest BCUT2D eigenvalue weighted by Crippen LogP contribution is -2.26. The molecule has 0 saturated carbocycles. The lowest BCUT2D eigenvalue weighted by Gasteiger charge is -2.20. The molecule has 1 aliphatic heterocycles. The number of hydrogen-bond acceptors (Lipinski definition) is 5. The number of hydrogen-bond donors (Lipinski definition) is 3. The molecule has 5 rings (SSSR count). The van der Waals surface area contributed by atoms with Gasteiger partial charge < -0.3 is 10.3 Å². The minimum absolute atomic E-state index is 0.588. The van der Waals surface area contributed by atoms with Gasteiger partial charge in [0.05, 0.1) is 16.9 Å². The Morgan fingerprint density at radius 3 is 2.84 bits per heavy atom. The Hall–Kier alpha value is -2.51. The van der Waals surface area contributed by atoms with Crippen LogP contribution >= 0.6 is 11.3 Å². The second kappa shape index (κ2) is 6.09. The summed E-state index contributed by atoms with van der Waals surface area (Å²) in [5.41, 5.74) is 5.13. The summed E-state index contributed by atoms with van der Waals surface area (Å²) >= 11 is 1.77. The van der Waals surface area contributed by atoms with Crippen LogP contribution in [-0.2, 0) is 0 Å². The average Bonchev–Trinajstić information content (AvgIpc) is 3.41. The first-order valence-electron chi connectivity index (χ1n) is 8.51. The quantitative estimate of drug-likeness (QED) is 0.528. The highest BCUT2D eigenvalue weighted by molar-refractivity contribution is 7.10. The van der Waals surface area contributed by atoms with Crippen molar-refractivity contribution in [2.75, 3.05) is 13.1 Å². The molecule has 1 fully saturated rings. The van der Waals surface area contributed by atoms with Crippen molar-refractivity contribution in [1.82, 2.24) is 30.5 Å². The fourth-order valence-electron chi connectivity index (χ4n) is 3.46. The van der Waals surface area contributed by atoms with Gasteiger partial charge in [-0.05, 0) is 32.0 Å². The van der Waals surface area contributed by atoms with E-state index in [4.69, 9.17) is 4.98 Å². The van der Waals surface area contributed by atoms with Crippen LogP contribution in [0.4, 0.5) is 0 Å². The highest BCUT2D eigenvalue weighted by Gasteiger charge is 2.19. The molecular weight excluding hydrogens is 332 g/mol. The third kappa shape index (κ3) is 2.65. The maximum absolute atomic E-state index is 4.91. The van der Waals surface area contributed by atoms with Crippen LogP contribution < -0.4 is 5.32 Å². The number of rotatable bonds is 3. The van der Waals surface area contributed by atoms with Crippen molar-refractivity contribution >= 4 is 22.4 Å². The number of aromatic nitrogens is 5. The molecule has 0 atom stereocenters. The summed E-state index contributed by atoms with van der Waals surface area (Å²) in [4.78, 5) is 12.7. The zero-order chi connectivity index (χ0) is 16.6. The minimum atomic E-state index is 0.588. The van der Waals surface area contributed by atoms with E-state index in [9.17, 15) is 0 Å². The van der Waals surface area contributed by atoms with E-state index in [1.165, 1.54) is 17.8 Å². The van der Waals surface area contributed by atoms with Crippen LogP contribution in [0.25, 0.3) is 33.4 Å². The summed E-state index contributed by atoms with van der Waals surface area (Å²) in [6.07, 6.45) is 9.95. The first-order chi connectivity index (χ1) is 12.4. The first kappa shape index (κ1) is 14.8. The van der Waals surface area contributed by atoms with Gasteiger partial charge in [0, 0.05) is 52.0 Å². The van der Waals surface area contributed by atoms with E-state index in [2.05, 4.69) is 36.9 Å². The predicted octanol–water partition coefficient (Wildman–Crippen LogP) is 3.54. The van der Waals surface area contributed by atoms with E-state index >= 15 is 0 Å². The molecule has 0 spiro atoms. The molecule has 1 saturated heterocycles. The van der Waals surface area contributed by atoms with Crippen molar-refractivity contribution in [3.8, 4) is 22.4 Å². The third-order valence-corrected chi connectivity index (χ3v) is 5.85. The molecule has 0 amide bonds. The molecular formula is C18H18N6S. The molecule has 0 bridgehead atoms. The van der Waals surface area contributed by atoms with E-state index in [-0.39, 0.29) is 0 Å². The molecule has 4 aromatic heterocycles. The van der Waals surface area contributed by atoms with Gasteiger partial charge in [-0.25, -0.2) is 9.97 Å². The Labute approximate surface area is 148 Å². The lowest BCUT2D eigenvalue weighted by atomic mass is 9.99.